The molecule has 2 aromatic carbocycles. The van der Waals surface area contributed by atoms with E-state index in [-0.39, 0.29) is 24.0 Å². The predicted octanol–water partition coefficient (Wildman–Crippen LogP) is 1.64. The third-order valence-electron chi connectivity index (χ3n) is 3.83. The SMILES string of the molecule is NC(=S)NCC(CS(=O)(=O)[O-])c1ccc(OCc2ccc([N+](=O)[O-])cc2)cc1. The van der Waals surface area contributed by atoms with Crippen molar-refractivity contribution in [2.45, 2.75) is 12.5 Å². The van der Waals surface area contributed by atoms with Crippen molar-refractivity contribution >= 4 is 33.1 Å². The van der Waals surface area contributed by atoms with Gasteiger partial charge in [0.2, 0.25) is 0 Å². The number of nitrogens with one attached hydrogen (secondary N) is 1. The average Bonchev–Trinajstić information content (AvgIpc) is 2.63. The van der Waals surface area contributed by atoms with E-state index in [1.54, 1.807) is 36.4 Å². The highest BCUT2D eigenvalue weighted by Crippen LogP contribution is 2.22. The number of nitro groups is 1. The monoisotopic (exact) mass is 424 g/mol. The van der Waals surface area contributed by atoms with Crippen molar-refractivity contribution in [2.75, 3.05) is 12.3 Å². The second-order valence-corrected chi connectivity index (χ2v) is 7.84. The van der Waals surface area contributed by atoms with Crippen molar-refractivity contribution in [1.82, 2.24) is 5.32 Å². The molecule has 1 atom stereocenters. The highest BCUT2D eigenvalue weighted by atomic mass is 32.2. The number of rotatable bonds is 9. The van der Waals surface area contributed by atoms with Gasteiger partial charge in [-0.05, 0) is 47.6 Å². The molecule has 0 saturated carbocycles. The highest BCUT2D eigenvalue weighted by molar-refractivity contribution is 7.85. The second-order valence-electron chi connectivity index (χ2n) is 5.95. The highest BCUT2D eigenvalue weighted by Gasteiger charge is 2.15. The van der Waals surface area contributed by atoms with Crippen LogP contribution in [0, 0.1) is 10.1 Å². The van der Waals surface area contributed by atoms with Crippen LogP contribution >= 0.6 is 12.2 Å². The predicted molar refractivity (Wildman–Crippen MR) is 106 cm³/mol. The molecule has 0 fully saturated rings. The smallest absolute Gasteiger partial charge is 0.269 e. The molecular weight excluding hydrogens is 406 g/mol. The van der Waals surface area contributed by atoms with Gasteiger partial charge in [-0.3, -0.25) is 10.1 Å². The summed E-state index contributed by atoms with van der Waals surface area (Å²) in [5.41, 5.74) is 6.73. The van der Waals surface area contributed by atoms with E-state index in [4.69, 9.17) is 22.7 Å². The molecule has 0 aliphatic carbocycles. The number of non-ortho nitro benzene ring substituents is 1. The third-order valence-corrected chi connectivity index (χ3v) is 4.79. The molecule has 2 rings (SSSR count). The summed E-state index contributed by atoms with van der Waals surface area (Å²) in [6.45, 7) is 0.318. The summed E-state index contributed by atoms with van der Waals surface area (Å²) in [4.78, 5) is 10.2. The van der Waals surface area contributed by atoms with Gasteiger partial charge in [-0.1, -0.05) is 12.1 Å². The van der Waals surface area contributed by atoms with Crippen molar-refractivity contribution in [1.29, 1.82) is 0 Å². The largest absolute Gasteiger partial charge is 0.748 e. The van der Waals surface area contributed by atoms with Gasteiger partial charge in [0.05, 0.1) is 15.0 Å². The maximum Gasteiger partial charge on any atom is 0.269 e. The lowest BCUT2D eigenvalue weighted by Gasteiger charge is -2.20. The molecular formula is C17H18N3O6S2-. The lowest BCUT2D eigenvalue weighted by molar-refractivity contribution is -0.384. The molecule has 2 aromatic rings. The molecule has 11 heteroatoms. The minimum absolute atomic E-state index is 0.00181. The summed E-state index contributed by atoms with van der Waals surface area (Å²) in [6.07, 6.45) is 0. The molecule has 28 heavy (non-hydrogen) atoms. The Morgan fingerprint density at radius 3 is 2.29 bits per heavy atom. The average molecular weight is 424 g/mol. The van der Waals surface area contributed by atoms with Crippen LogP contribution in [0.5, 0.6) is 5.75 Å². The standard InChI is InChI=1S/C17H19N3O6S2/c18-17(27)19-9-14(11-28(23,24)25)13-3-7-16(8-4-13)26-10-12-1-5-15(6-2-12)20(21)22/h1-8,14H,9-11H2,(H3,18,19,27)(H,23,24,25)/p-1. The van der Waals surface area contributed by atoms with Gasteiger partial charge in [-0.25, -0.2) is 8.42 Å². The van der Waals surface area contributed by atoms with Gasteiger partial charge in [0.1, 0.15) is 12.4 Å². The Bertz CT molecular complexity index is 930. The first-order chi connectivity index (χ1) is 13.1. The molecule has 0 spiro atoms. The van der Waals surface area contributed by atoms with Crippen molar-refractivity contribution < 1.29 is 22.6 Å². The number of benzene rings is 2. The Morgan fingerprint density at radius 1 is 1.18 bits per heavy atom. The molecule has 1 unspecified atom stereocenters. The van der Waals surface area contributed by atoms with Crippen LogP contribution in [-0.4, -0.2) is 35.3 Å². The van der Waals surface area contributed by atoms with Gasteiger partial charge >= 0.3 is 0 Å². The number of hydrogen-bond donors (Lipinski definition) is 2. The molecule has 150 valence electrons. The van der Waals surface area contributed by atoms with Crippen LogP contribution in [-0.2, 0) is 16.7 Å². The summed E-state index contributed by atoms with van der Waals surface area (Å²) in [6, 6.07) is 12.6. The van der Waals surface area contributed by atoms with Crippen LogP contribution in [0.3, 0.4) is 0 Å². The Kier molecular flexibility index (Phi) is 7.26. The maximum absolute atomic E-state index is 11.1. The lowest BCUT2D eigenvalue weighted by Crippen LogP contribution is -2.34. The quantitative estimate of drug-likeness (QED) is 0.265. The Labute approximate surface area is 167 Å². The zero-order chi connectivity index (χ0) is 20.7. The summed E-state index contributed by atoms with van der Waals surface area (Å²) in [5.74, 6) is -0.688. The van der Waals surface area contributed by atoms with Crippen molar-refractivity contribution in [3.63, 3.8) is 0 Å². The van der Waals surface area contributed by atoms with E-state index in [9.17, 15) is 23.1 Å². The number of nitrogens with zero attached hydrogens (tertiary/aromatic N) is 1. The second kappa shape index (κ2) is 9.44. The Hall–Kier alpha value is -2.76. The Balaban J connectivity index is 2.03. The van der Waals surface area contributed by atoms with Crippen LogP contribution in [0.2, 0.25) is 0 Å². The molecule has 9 nitrogen and oxygen atoms in total. The minimum Gasteiger partial charge on any atom is -0.748 e. The van der Waals surface area contributed by atoms with Crippen LogP contribution in [0.1, 0.15) is 17.0 Å². The van der Waals surface area contributed by atoms with Crippen molar-refractivity contribution in [3.8, 4) is 5.75 Å². The van der Waals surface area contributed by atoms with Gasteiger partial charge in [0.15, 0.2) is 5.11 Å². The zero-order valence-electron chi connectivity index (χ0n) is 14.6. The van der Waals surface area contributed by atoms with E-state index in [1.165, 1.54) is 12.1 Å². The number of hydrogen-bond acceptors (Lipinski definition) is 7. The van der Waals surface area contributed by atoms with Gasteiger partial charge in [-0.2, -0.15) is 0 Å². The van der Waals surface area contributed by atoms with E-state index in [2.05, 4.69) is 5.32 Å². The third kappa shape index (κ3) is 7.10. The molecule has 0 aliphatic heterocycles. The fraction of sp³-hybridized carbons (Fsp3) is 0.235. The zero-order valence-corrected chi connectivity index (χ0v) is 16.2. The fourth-order valence-electron chi connectivity index (χ4n) is 2.46. The maximum atomic E-state index is 11.1. The van der Waals surface area contributed by atoms with E-state index >= 15 is 0 Å². The van der Waals surface area contributed by atoms with Crippen LogP contribution in [0.4, 0.5) is 5.69 Å². The van der Waals surface area contributed by atoms with E-state index < -0.39 is 26.7 Å². The van der Waals surface area contributed by atoms with Gasteiger partial charge in [0.25, 0.3) is 5.69 Å². The molecule has 0 saturated heterocycles. The summed E-state index contributed by atoms with van der Waals surface area (Å²) in [5, 5.41) is 13.3. The fourth-order valence-corrected chi connectivity index (χ4v) is 3.35. The lowest BCUT2D eigenvalue weighted by atomic mass is 10.0. The number of nitro benzene ring substituents is 1. The number of ether oxygens (including phenoxy) is 1. The molecule has 0 aromatic heterocycles. The topological polar surface area (TPSA) is 148 Å². The number of thiocarbonyl (C=S) groups is 1. The molecule has 0 heterocycles. The minimum atomic E-state index is -4.44. The molecule has 0 amide bonds. The normalized spacial score (nSPS) is 12.2. The first kappa shape index (κ1) is 21.5. The summed E-state index contributed by atoms with van der Waals surface area (Å²) >= 11 is 4.71. The first-order valence-corrected chi connectivity index (χ1v) is 10.1. The van der Waals surface area contributed by atoms with E-state index in [0.717, 1.165) is 5.56 Å². The number of nitrogens with two attached hydrogens (primary N) is 1. The van der Waals surface area contributed by atoms with E-state index in [1.807, 2.05) is 0 Å². The van der Waals surface area contributed by atoms with Crippen molar-refractivity contribution in [2.24, 2.45) is 5.73 Å². The van der Waals surface area contributed by atoms with Gasteiger partial charge < -0.3 is 20.3 Å². The van der Waals surface area contributed by atoms with E-state index in [0.29, 0.717) is 11.3 Å². The van der Waals surface area contributed by atoms with Crippen molar-refractivity contribution in [3.05, 3.63) is 69.8 Å². The molecule has 0 aliphatic rings. The molecule has 3 N–H and O–H groups in total. The van der Waals surface area contributed by atoms with Crippen LogP contribution in [0.15, 0.2) is 48.5 Å². The Morgan fingerprint density at radius 2 is 1.79 bits per heavy atom. The molecule has 0 radical (unpaired) electrons. The van der Waals surface area contributed by atoms with Gasteiger partial charge in [-0.15, -0.1) is 0 Å². The van der Waals surface area contributed by atoms with Crippen LogP contribution < -0.4 is 15.8 Å². The summed E-state index contributed by atoms with van der Waals surface area (Å²) in [7, 11) is -4.44. The molecule has 0 bridgehead atoms. The summed E-state index contributed by atoms with van der Waals surface area (Å²) < 4.78 is 39.0. The van der Waals surface area contributed by atoms with Crippen LogP contribution in [0.25, 0.3) is 0 Å². The van der Waals surface area contributed by atoms with Gasteiger partial charge in [0, 0.05) is 30.3 Å². The first-order valence-electron chi connectivity index (χ1n) is 8.07.